The van der Waals surface area contributed by atoms with Gasteiger partial charge in [0, 0.05) is 7.98 Å². The fourth-order valence-corrected chi connectivity index (χ4v) is 1.17. The molecule has 0 saturated carbocycles. The summed E-state index contributed by atoms with van der Waals surface area (Å²) >= 11 is 0. The second-order valence-corrected chi connectivity index (χ2v) is 3.57. The van der Waals surface area contributed by atoms with Crippen molar-refractivity contribution in [1.82, 2.24) is 0 Å². The van der Waals surface area contributed by atoms with Crippen LogP contribution in [-0.2, 0) is 0 Å². The van der Waals surface area contributed by atoms with Gasteiger partial charge in [0.25, 0.3) is 0 Å². The zero-order valence-electron chi connectivity index (χ0n) is 9.77. The summed E-state index contributed by atoms with van der Waals surface area (Å²) < 4.78 is 8.17. The molecule has 0 bridgehead atoms. The van der Waals surface area contributed by atoms with E-state index >= 15 is 0 Å². The smallest absolute Gasteiger partial charge is 0.0491 e. The molecule has 0 aliphatic rings. The van der Waals surface area contributed by atoms with Crippen molar-refractivity contribution in [2.75, 3.05) is 6.61 Å². The maximum Gasteiger partial charge on any atom is 0.0491 e. The average molecular weight is 191 g/mol. The first kappa shape index (κ1) is 9.47. The molecule has 0 spiro atoms. The Hall–Kier alpha value is -1.08. The van der Waals surface area contributed by atoms with E-state index in [2.05, 4.69) is 0 Å². The van der Waals surface area contributed by atoms with Gasteiger partial charge in [0.2, 0.25) is 0 Å². The highest BCUT2D eigenvalue weighted by Crippen LogP contribution is 2.16. The highest BCUT2D eigenvalue weighted by Gasteiger charge is 2.00. The fraction of sp³-hybridized carbons (Fsp3) is 0.385. The van der Waals surface area contributed by atoms with Crippen molar-refractivity contribution in [1.29, 1.82) is 0 Å². The zero-order valence-corrected chi connectivity index (χ0v) is 8.77. The molecule has 76 valence electrons. The van der Waals surface area contributed by atoms with Gasteiger partial charge in [-0.1, -0.05) is 56.3 Å². The highest BCUT2D eigenvalue weighted by atomic mass is 16.3. The van der Waals surface area contributed by atoms with Crippen LogP contribution in [0.4, 0.5) is 0 Å². The summed E-state index contributed by atoms with van der Waals surface area (Å²) in [4.78, 5) is 0. The molecule has 14 heavy (non-hydrogen) atoms. The highest BCUT2D eigenvalue weighted by molar-refractivity contribution is 5.22. The van der Waals surface area contributed by atoms with Crippen LogP contribution in [0.1, 0.15) is 26.7 Å². The van der Waals surface area contributed by atoms with Gasteiger partial charge in [0.05, 0.1) is 0 Å². The summed E-state index contributed by atoms with van der Waals surface area (Å²) in [6.45, 7) is 3.90. The topological polar surface area (TPSA) is 20.2 Å². The van der Waals surface area contributed by atoms with Crippen molar-refractivity contribution in [3.63, 3.8) is 0 Å². The van der Waals surface area contributed by atoms with E-state index in [1.807, 2.05) is 56.3 Å². The maximum atomic E-state index is 8.89. The number of rotatable bonds is 4. The van der Waals surface area contributed by atoms with E-state index in [0.717, 1.165) is 5.56 Å². The van der Waals surface area contributed by atoms with Gasteiger partial charge in [-0.05, 0) is 17.4 Å². The minimum absolute atomic E-state index is 0.110. The molecule has 1 rings (SSSR count). The Bertz CT molecular complexity index is 317. The Labute approximate surface area is 87.5 Å². The van der Waals surface area contributed by atoms with Crippen molar-refractivity contribution in [2.45, 2.75) is 19.7 Å². The number of benzene rings is 1. The monoisotopic (exact) mass is 191 g/mol. The molecular formula is C13H18O. The van der Waals surface area contributed by atoms with Crippen molar-refractivity contribution in [2.24, 2.45) is 5.92 Å². The first-order valence-electron chi connectivity index (χ1n) is 5.42. The largest absolute Gasteiger partial charge is 0.396 e. The molecule has 0 heterocycles. The van der Waals surface area contributed by atoms with Crippen LogP contribution in [0.5, 0.6) is 0 Å². The number of aliphatic hydroxyl groups excluding tert-OH is 1. The molecule has 1 aromatic carbocycles. The van der Waals surface area contributed by atoms with E-state index in [9.17, 15) is 0 Å². The van der Waals surface area contributed by atoms with Gasteiger partial charge in [0.15, 0.2) is 0 Å². The number of allylic oxidation sites excluding steroid dienone is 1. The molecule has 0 aromatic heterocycles. The summed E-state index contributed by atoms with van der Waals surface area (Å²) in [5, 5.41) is 8.89. The second kappa shape index (κ2) is 5.61. The molecular weight excluding hydrogens is 172 g/mol. The molecule has 1 nitrogen and oxygen atoms in total. The van der Waals surface area contributed by atoms with Crippen LogP contribution in [0.3, 0.4) is 0 Å². The molecule has 0 unspecified atom stereocenters. The molecule has 0 aliphatic heterocycles. The van der Waals surface area contributed by atoms with Crippen LogP contribution < -0.4 is 0 Å². The minimum atomic E-state index is -0.718. The SMILES string of the molecule is [2H][C@@](C)(/C=C/[C@@H](C)CO)c1ccccc1. The van der Waals surface area contributed by atoms with E-state index in [1.165, 1.54) is 0 Å². The number of hydrogen-bond donors (Lipinski definition) is 1. The Morgan fingerprint density at radius 2 is 1.93 bits per heavy atom. The van der Waals surface area contributed by atoms with Gasteiger partial charge in [-0.25, -0.2) is 0 Å². The van der Waals surface area contributed by atoms with Gasteiger partial charge < -0.3 is 5.11 Å². The first-order chi connectivity index (χ1) is 7.06. The molecule has 0 radical (unpaired) electrons. The van der Waals surface area contributed by atoms with Gasteiger partial charge in [-0.2, -0.15) is 0 Å². The van der Waals surface area contributed by atoms with Crippen LogP contribution in [0, 0.1) is 5.92 Å². The average Bonchev–Trinajstić information content (AvgIpc) is 2.27. The Balaban J connectivity index is 2.80. The third kappa shape index (κ3) is 3.35. The van der Waals surface area contributed by atoms with Crippen molar-refractivity contribution >= 4 is 0 Å². The van der Waals surface area contributed by atoms with Crippen LogP contribution in [0.25, 0.3) is 0 Å². The number of hydrogen-bond acceptors (Lipinski definition) is 1. The van der Waals surface area contributed by atoms with Gasteiger partial charge in [-0.3, -0.25) is 0 Å². The van der Waals surface area contributed by atoms with E-state index < -0.39 is 5.89 Å². The molecule has 1 N–H and O–H groups in total. The summed E-state index contributed by atoms with van der Waals surface area (Å²) in [6, 6.07) is 9.71. The lowest BCUT2D eigenvalue weighted by atomic mass is 9.99. The van der Waals surface area contributed by atoms with Crippen molar-refractivity contribution < 1.29 is 6.48 Å². The molecule has 0 amide bonds. The summed E-state index contributed by atoms with van der Waals surface area (Å²) in [6.07, 6.45) is 3.73. The molecule has 1 aromatic rings. The van der Waals surface area contributed by atoms with Crippen molar-refractivity contribution in [3.8, 4) is 0 Å². The molecule has 0 aliphatic carbocycles. The Morgan fingerprint density at radius 1 is 1.29 bits per heavy atom. The predicted octanol–water partition coefficient (Wildman–Crippen LogP) is 2.97. The number of aliphatic hydroxyl groups is 1. The minimum Gasteiger partial charge on any atom is -0.396 e. The van der Waals surface area contributed by atoms with Gasteiger partial charge in [0.1, 0.15) is 0 Å². The van der Waals surface area contributed by atoms with Gasteiger partial charge >= 0.3 is 0 Å². The van der Waals surface area contributed by atoms with E-state index in [-0.39, 0.29) is 12.5 Å². The second-order valence-electron chi connectivity index (χ2n) is 3.57. The predicted molar refractivity (Wildman–Crippen MR) is 60.2 cm³/mol. The molecule has 0 saturated heterocycles. The molecule has 1 heteroatoms. The quantitative estimate of drug-likeness (QED) is 0.725. The lowest BCUT2D eigenvalue weighted by Crippen LogP contribution is -1.96. The standard InChI is InChI=1S/C13H18O/c1-11(10-14)8-9-12(2)13-6-4-3-5-7-13/h3-9,11-12,14H,10H2,1-2H3/b9-8+/t11-,12-/m1/s1/i12D. The third-order valence-electron chi connectivity index (χ3n) is 2.19. The van der Waals surface area contributed by atoms with E-state index in [4.69, 9.17) is 6.48 Å². The Kier molecular flexibility index (Phi) is 3.80. The normalized spacial score (nSPS) is 18.9. The zero-order chi connectivity index (χ0) is 11.3. The van der Waals surface area contributed by atoms with Crippen LogP contribution in [0.2, 0.25) is 0 Å². The summed E-state index contributed by atoms with van der Waals surface area (Å²) in [5.41, 5.74) is 0.964. The lowest BCUT2D eigenvalue weighted by molar-refractivity contribution is 0.261. The molecule has 0 fully saturated rings. The van der Waals surface area contributed by atoms with Crippen LogP contribution in [-0.4, -0.2) is 11.7 Å². The van der Waals surface area contributed by atoms with Crippen LogP contribution >= 0.6 is 0 Å². The van der Waals surface area contributed by atoms with Crippen molar-refractivity contribution in [3.05, 3.63) is 48.0 Å². The summed E-state index contributed by atoms with van der Waals surface area (Å²) in [7, 11) is 0. The first-order valence-corrected chi connectivity index (χ1v) is 4.92. The third-order valence-corrected chi connectivity index (χ3v) is 2.19. The summed E-state index contributed by atoms with van der Waals surface area (Å²) in [5.74, 6) is -0.608. The van der Waals surface area contributed by atoms with E-state index in [1.54, 1.807) is 0 Å². The maximum absolute atomic E-state index is 8.89. The fourth-order valence-electron chi connectivity index (χ4n) is 1.17. The Morgan fingerprint density at radius 3 is 2.50 bits per heavy atom. The van der Waals surface area contributed by atoms with E-state index in [0.29, 0.717) is 0 Å². The lowest BCUT2D eigenvalue weighted by Gasteiger charge is -2.07. The van der Waals surface area contributed by atoms with Crippen LogP contribution in [0.15, 0.2) is 42.5 Å². The van der Waals surface area contributed by atoms with Gasteiger partial charge in [-0.15, -0.1) is 0 Å². The molecule has 2 atom stereocenters.